The molecule has 0 radical (unpaired) electrons. The summed E-state index contributed by atoms with van der Waals surface area (Å²) in [6.45, 7) is 1.71. The Labute approximate surface area is 162 Å². The van der Waals surface area contributed by atoms with Crippen LogP contribution >= 0.6 is 11.3 Å². The predicted octanol–water partition coefficient (Wildman–Crippen LogP) is 3.55. The highest BCUT2D eigenvalue weighted by Gasteiger charge is 2.23. The van der Waals surface area contributed by atoms with Crippen LogP contribution in [0, 0.1) is 0 Å². The number of benzene rings is 1. The molecule has 1 aromatic carbocycles. The first kappa shape index (κ1) is 17.6. The lowest BCUT2D eigenvalue weighted by atomic mass is 10.1. The van der Waals surface area contributed by atoms with Crippen LogP contribution in [0.2, 0.25) is 0 Å². The van der Waals surface area contributed by atoms with Gasteiger partial charge in [-0.2, -0.15) is 16.4 Å². The van der Waals surface area contributed by atoms with Crippen molar-refractivity contribution in [3.63, 3.8) is 0 Å². The highest BCUT2D eigenvalue weighted by molar-refractivity contribution is 7.08. The van der Waals surface area contributed by atoms with E-state index in [9.17, 15) is 4.79 Å². The van der Waals surface area contributed by atoms with Gasteiger partial charge < -0.3 is 15.0 Å². The summed E-state index contributed by atoms with van der Waals surface area (Å²) >= 11 is 1.54. The van der Waals surface area contributed by atoms with Crippen molar-refractivity contribution in [2.75, 3.05) is 25.1 Å². The number of nitrogens with one attached hydrogen (secondary N) is 2. The van der Waals surface area contributed by atoms with Crippen molar-refractivity contribution >= 4 is 23.1 Å². The second-order valence-corrected chi connectivity index (χ2v) is 7.42. The van der Waals surface area contributed by atoms with Crippen molar-refractivity contribution in [2.45, 2.75) is 18.9 Å². The number of methoxy groups -OCH3 is 1. The zero-order chi connectivity index (χ0) is 18.6. The molecule has 7 heteroatoms. The minimum Gasteiger partial charge on any atom is -0.497 e. The van der Waals surface area contributed by atoms with E-state index < -0.39 is 0 Å². The van der Waals surface area contributed by atoms with Gasteiger partial charge in [0.1, 0.15) is 5.75 Å². The number of aromatic nitrogens is 2. The molecule has 1 aliphatic heterocycles. The number of H-pyrrole nitrogens is 1. The standard InChI is InChI=1S/C20H22N4O2S/c1-26-17-6-4-14(5-7-17)18-11-19(23-22-18)24-9-2-3-16(12-24)21-20(25)15-8-10-27-13-15/h4-8,10-11,13,16H,2-3,9,12H2,1H3,(H,21,25)(H,22,23)/t16-/m1/s1. The molecule has 1 aliphatic rings. The number of anilines is 1. The Morgan fingerprint density at radius 3 is 2.93 bits per heavy atom. The maximum absolute atomic E-state index is 12.3. The van der Waals surface area contributed by atoms with Crippen molar-refractivity contribution in [3.8, 4) is 17.0 Å². The monoisotopic (exact) mass is 382 g/mol. The van der Waals surface area contributed by atoms with Gasteiger partial charge in [0.2, 0.25) is 0 Å². The molecule has 0 aliphatic carbocycles. The fourth-order valence-electron chi connectivity index (χ4n) is 3.36. The van der Waals surface area contributed by atoms with Crippen molar-refractivity contribution in [2.24, 2.45) is 0 Å². The maximum Gasteiger partial charge on any atom is 0.252 e. The number of carbonyl (C=O) groups is 1. The molecule has 0 unspecified atom stereocenters. The first-order valence-corrected chi connectivity index (χ1v) is 9.95. The van der Waals surface area contributed by atoms with Crippen LogP contribution in [-0.4, -0.2) is 42.3 Å². The molecule has 140 valence electrons. The second kappa shape index (κ2) is 7.84. The van der Waals surface area contributed by atoms with Crippen LogP contribution < -0.4 is 15.0 Å². The number of amides is 1. The zero-order valence-electron chi connectivity index (χ0n) is 15.1. The molecule has 2 aromatic heterocycles. The normalized spacial score (nSPS) is 16.9. The molecule has 0 spiro atoms. The van der Waals surface area contributed by atoms with Crippen LogP contribution in [0.25, 0.3) is 11.3 Å². The molecular weight excluding hydrogens is 360 g/mol. The predicted molar refractivity (Wildman–Crippen MR) is 108 cm³/mol. The SMILES string of the molecule is COc1ccc(-c2cc(N3CCC[C@@H](NC(=O)c4ccsc4)C3)n[nH]2)cc1. The summed E-state index contributed by atoms with van der Waals surface area (Å²) in [6.07, 6.45) is 2.02. The summed E-state index contributed by atoms with van der Waals surface area (Å²) < 4.78 is 5.21. The van der Waals surface area contributed by atoms with E-state index >= 15 is 0 Å². The Morgan fingerprint density at radius 1 is 1.33 bits per heavy atom. The number of hydrogen-bond donors (Lipinski definition) is 2. The molecule has 6 nitrogen and oxygen atoms in total. The topological polar surface area (TPSA) is 70.2 Å². The van der Waals surface area contributed by atoms with Crippen LogP contribution in [0.1, 0.15) is 23.2 Å². The molecule has 1 amide bonds. The highest BCUT2D eigenvalue weighted by atomic mass is 32.1. The molecule has 1 fully saturated rings. The van der Waals surface area contributed by atoms with E-state index in [-0.39, 0.29) is 11.9 Å². The Kier molecular flexibility index (Phi) is 5.11. The molecule has 1 saturated heterocycles. The van der Waals surface area contributed by atoms with Gasteiger partial charge in [-0.15, -0.1) is 0 Å². The van der Waals surface area contributed by atoms with E-state index in [0.717, 1.165) is 54.3 Å². The van der Waals surface area contributed by atoms with Gasteiger partial charge in [-0.25, -0.2) is 0 Å². The van der Waals surface area contributed by atoms with Gasteiger partial charge in [-0.3, -0.25) is 9.89 Å². The molecule has 3 heterocycles. The van der Waals surface area contributed by atoms with Gasteiger partial charge >= 0.3 is 0 Å². The van der Waals surface area contributed by atoms with Crippen molar-refractivity contribution in [3.05, 3.63) is 52.7 Å². The first-order valence-electron chi connectivity index (χ1n) is 9.01. The van der Waals surface area contributed by atoms with Gasteiger partial charge in [-0.05, 0) is 54.1 Å². The first-order chi connectivity index (χ1) is 13.2. The number of thiophene rings is 1. The van der Waals surface area contributed by atoms with Crippen molar-refractivity contribution < 1.29 is 9.53 Å². The van der Waals surface area contributed by atoms with E-state index in [0.29, 0.717) is 0 Å². The third-order valence-corrected chi connectivity index (χ3v) is 5.51. The average molecular weight is 382 g/mol. The Morgan fingerprint density at radius 2 is 2.19 bits per heavy atom. The molecule has 4 rings (SSSR count). The molecule has 1 atom stereocenters. The van der Waals surface area contributed by atoms with E-state index in [1.807, 2.05) is 41.1 Å². The Balaban J connectivity index is 1.42. The van der Waals surface area contributed by atoms with E-state index in [4.69, 9.17) is 4.74 Å². The lowest BCUT2D eigenvalue weighted by Crippen LogP contribution is -2.47. The smallest absolute Gasteiger partial charge is 0.252 e. The number of piperidine rings is 1. The Bertz CT molecular complexity index is 889. The number of ether oxygens (including phenoxy) is 1. The van der Waals surface area contributed by atoms with Crippen LogP contribution in [-0.2, 0) is 0 Å². The van der Waals surface area contributed by atoms with Gasteiger partial charge in [0.05, 0.1) is 12.8 Å². The number of rotatable bonds is 5. The van der Waals surface area contributed by atoms with Crippen LogP contribution in [0.4, 0.5) is 5.82 Å². The zero-order valence-corrected chi connectivity index (χ0v) is 16.0. The van der Waals surface area contributed by atoms with Crippen molar-refractivity contribution in [1.82, 2.24) is 15.5 Å². The van der Waals surface area contributed by atoms with E-state index in [1.165, 1.54) is 11.3 Å². The minimum absolute atomic E-state index is 0.00375. The molecular formula is C20H22N4O2S. The summed E-state index contributed by atoms with van der Waals surface area (Å²) in [6, 6.07) is 11.9. The van der Waals surface area contributed by atoms with Gasteiger partial charge in [0, 0.05) is 36.1 Å². The molecule has 3 aromatic rings. The highest BCUT2D eigenvalue weighted by Crippen LogP contribution is 2.25. The molecule has 0 saturated carbocycles. The third-order valence-electron chi connectivity index (χ3n) is 4.83. The fraction of sp³-hybridized carbons (Fsp3) is 0.300. The number of hydrogen-bond acceptors (Lipinski definition) is 5. The number of nitrogens with zero attached hydrogens (tertiary/aromatic N) is 2. The average Bonchev–Trinajstić information content (AvgIpc) is 3.40. The van der Waals surface area contributed by atoms with Gasteiger partial charge in [-0.1, -0.05) is 0 Å². The maximum atomic E-state index is 12.3. The largest absolute Gasteiger partial charge is 0.497 e. The summed E-state index contributed by atoms with van der Waals surface area (Å²) in [5, 5.41) is 14.5. The Hall–Kier alpha value is -2.80. The van der Waals surface area contributed by atoms with Crippen LogP contribution in [0.15, 0.2) is 47.2 Å². The van der Waals surface area contributed by atoms with E-state index in [2.05, 4.69) is 26.5 Å². The summed E-state index contributed by atoms with van der Waals surface area (Å²) in [4.78, 5) is 14.5. The fourth-order valence-corrected chi connectivity index (χ4v) is 3.99. The summed E-state index contributed by atoms with van der Waals surface area (Å²) in [5.74, 6) is 1.75. The molecule has 2 N–H and O–H groups in total. The van der Waals surface area contributed by atoms with Crippen LogP contribution in [0.3, 0.4) is 0 Å². The summed E-state index contributed by atoms with van der Waals surface area (Å²) in [7, 11) is 1.66. The van der Waals surface area contributed by atoms with Crippen LogP contribution in [0.5, 0.6) is 5.75 Å². The second-order valence-electron chi connectivity index (χ2n) is 6.64. The van der Waals surface area contributed by atoms with Crippen molar-refractivity contribution in [1.29, 1.82) is 0 Å². The minimum atomic E-state index is 0.00375. The quantitative estimate of drug-likeness (QED) is 0.708. The molecule has 27 heavy (non-hydrogen) atoms. The van der Waals surface area contributed by atoms with Gasteiger partial charge in [0.15, 0.2) is 5.82 Å². The number of carbonyl (C=O) groups excluding carboxylic acids is 1. The summed E-state index contributed by atoms with van der Waals surface area (Å²) in [5.41, 5.74) is 2.77. The number of aromatic amines is 1. The third kappa shape index (κ3) is 3.98. The lowest BCUT2D eigenvalue weighted by molar-refractivity contribution is 0.0933. The van der Waals surface area contributed by atoms with E-state index in [1.54, 1.807) is 7.11 Å². The lowest BCUT2D eigenvalue weighted by Gasteiger charge is -2.33. The van der Waals surface area contributed by atoms with Gasteiger partial charge in [0.25, 0.3) is 5.91 Å². The molecule has 0 bridgehead atoms.